The van der Waals surface area contributed by atoms with Gasteiger partial charge in [-0.2, -0.15) is 0 Å². The van der Waals surface area contributed by atoms with Crippen molar-refractivity contribution in [1.29, 1.82) is 0 Å². The third-order valence-corrected chi connectivity index (χ3v) is 4.85. The van der Waals surface area contributed by atoms with Gasteiger partial charge in [-0.25, -0.2) is 4.39 Å². The third kappa shape index (κ3) is 5.01. The van der Waals surface area contributed by atoms with Gasteiger partial charge in [0, 0.05) is 44.3 Å². The molecule has 2 aromatic carbocycles. The van der Waals surface area contributed by atoms with Crippen molar-refractivity contribution in [3.63, 3.8) is 0 Å². The number of benzene rings is 2. The fraction of sp³-hybridized carbons (Fsp3) is 0.409. The first-order valence-corrected chi connectivity index (χ1v) is 9.49. The number of rotatable bonds is 7. The summed E-state index contributed by atoms with van der Waals surface area (Å²) in [5, 5.41) is 2.86. The number of amides is 1. The molecule has 2 aromatic rings. The molecule has 1 saturated heterocycles. The highest BCUT2D eigenvalue weighted by atomic mass is 19.1. The van der Waals surface area contributed by atoms with Crippen LogP contribution in [0, 0.1) is 18.7 Å². The minimum Gasteiger partial charge on any atom is -0.493 e. The van der Waals surface area contributed by atoms with E-state index < -0.39 is 5.82 Å². The highest BCUT2D eigenvalue weighted by Crippen LogP contribution is 2.23. The zero-order chi connectivity index (χ0) is 20.1. The van der Waals surface area contributed by atoms with Gasteiger partial charge in [0.15, 0.2) is 0 Å². The molecule has 6 heteroatoms. The summed E-state index contributed by atoms with van der Waals surface area (Å²) in [6, 6.07) is 10.4. The molecule has 1 heterocycles. The highest BCUT2D eigenvalue weighted by molar-refractivity contribution is 5.94. The smallest absolute Gasteiger partial charge is 0.251 e. The van der Waals surface area contributed by atoms with E-state index in [1.807, 2.05) is 25.1 Å². The topological polar surface area (TPSA) is 50.8 Å². The van der Waals surface area contributed by atoms with Crippen LogP contribution < -0.4 is 15.0 Å². The van der Waals surface area contributed by atoms with Crippen LogP contribution in [-0.2, 0) is 11.3 Å². The van der Waals surface area contributed by atoms with Crippen molar-refractivity contribution in [2.45, 2.75) is 19.9 Å². The second-order valence-electron chi connectivity index (χ2n) is 7.40. The first kappa shape index (κ1) is 20.1. The molecule has 1 aliphatic heterocycles. The summed E-state index contributed by atoms with van der Waals surface area (Å²) in [4.78, 5) is 14.1. The van der Waals surface area contributed by atoms with E-state index in [0.717, 1.165) is 36.5 Å². The van der Waals surface area contributed by atoms with Crippen molar-refractivity contribution >= 4 is 11.6 Å². The Hall–Kier alpha value is -2.60. The van der Waals surface area contributed by atoms with E-state index in [1.54, 1.807) is 31.1 Å². The average molecular weight is 386 g/mol. The number of ether oxygens (including phenoxy) is 2. The first-order chi connectivity index (χ1) is 13.4. The second-order valence-corrected chi connectivity index (χ2v) is 7.40. The molecule has 5 nitrogen and oxygen atoms in total. The number of nitrogens with zero attached hydrogens (tertiary/aromatic N) is 1. The van der Waals surface area contributed by atoms with E-state index in [0.29, 0.717) is 30.3 Å². The molecule has 28 heavy (non-hydrogen) atoms. The lowest BCUT2D eigenvalue weighted by Crippen LogP contribution is -2.24. The summed E-state index contributed by atoms with van der Waals surface area (Å²) in [5.74, 6) is 0.429. The van der Waals surface area contributed by atoms with Crippen molar-refractivity contribution in [3.05, 3.63) is 58.9 Å². The molecule has 1 atom stereocenters. The van der Waals surface area contributed by atoms with Crippen molar-refractivity contribution < 1.29 is 18.7 Å². The minimum absolute atomic E-state index is 0.292. The zero-order valence-corrected chi connectivity index (χ0v) is 16.6. The van der Waals surface area contributed by atoms with Gasteiger partial charge in [0.05, 0.1) is 18.9 Å². The number of aryl methyl sites for hydroxylation is 1. The summed E-state index contributed by atoms with van der Waals surface area (Å²) in [7, 11) is 3.52. The number of halogens is 1. The van der Waals surface area contributed by atoms with E-state index in [4.69, 9.17) is 9.47 Å². The molecule has 1 aliphatic rings. The zero-order valence-electron chi connectivity index (χ0n) is 16.6. The van der Waals surface area contributed by atoms with Crippen LogP contribution in [0.5, 0.6) is 5.75 Å². The van der Waals surface area contributed by atoms with Gasteiger partial charge in [-0.3, -0.25) is 4.79 Å². The van der Waals surface area contributed by atoms with Gasteiger partial charge in [0.1, 0.15) is 11.6 Å². The number of hydrogen-bond acceptors (Lipinski definition) is 4. The highest BCUT2D eigenvalue weighted by Gasteiger charge is 2.17. The summed E-state index contributed by atoms with van der Waals surface area (Å²) < 4.78 is 25.5. The van der Waals surface area contributed by atoms with Gasteiger partial charge in [0.25, 0.3) is 5.91 Å². The Kier molecular flexibility index (Phi) is 6.52. The molecule has 1 amide bonds. The number of carbonyl (C=O) groups is 1. The molecule has 0 spiro atoms. The molecule has 1 unspecified atom stereocenters. The number of hydrogen-bond donors (Lipinski definition) is 1. The van der Waals surface area contributed by atoms with Crippen LogP contribution in [0.2, 0.25) is 0 Å². The van der Waals surface area contributed by atoms with Crippen LogP contribution in [0.4, 0.5) is 10.1 Å². The Bertz CT molecular complexity index is 833. The number of carbonyl (C=O) groups excluding carboxylic acids is 1. The predicted molar refractivity (Wildman–Crippen MR) is 107 cm³/mol. The molecule has 0 bridgehead atoms. The minimum atomic E-state index is -0.421. The van der Waals surface area contributed by atoms with E-state index in [-0.39, 0.29) is 5.91 Å². The Morgan fingerprint density at radius 1 is 1.29 bits per heavy atom. The quantitative estimate of drug-likeness (QED) is 0.791. The van der Waals surface area contributed by atoms with E-state index in [1.165, 1.54) is 6.07 Å². The molecule has 150 valence electrons. The summed E-state index contributed by atoms with van der Waals surface area (Å²) >= 11 is 0. The van der Waals surface area contributed by atoms with Gasteiger partial charge in [-0.05, 0) is 43.2 Å². The Labute approximate surface area is 165 Å². The van der Waals surface area contributed by atoms with Gasteiger partial charge in [-0.1, -0.05) is 12.1 Å². The maximum atomic E-state index is 14.1. The Morgan fingerprint density at radius 2 is 2.11 bits per heavy atom. The molecule has 0 saturated carbocycles. The molecule has 0 aliphatic carbocycles. The van der Waals surface area contributed by atoms with Crippen LogP contribution >= 0.6 is 0 Å². The molecule has 1 fully saturated rings. The van der Waals surface area contributed by atoms with Crippen molar-refractivity contribution in [3.8, 4) is 5.75 Å². The van der Waals surface area contributed by atoms with Gasteiger partial charge < -0.3 is 19.7 Å². The van der Waals surface area contributed by atoms with Crippen molar-refractivity contribution in [2.75, 3.05) is 38.8 Å². The maximum Gasteiger partial charge on any atom is 0.251 e. The van der Waals surface area contributed by atoms with Crippen LogP contribution in [0.15, 0.2) is 36.4 Å². The Morgan fingerprint density at radius 3 is 2.79 bits per heavy atom. The monoisotopic (exact) mass is 386 g/mol. The van der Waals surface area contributed by atoms with Crippen molar-refractivity contribution in [1.82, 2.24) is 5.32 Å². The summed E-state index contributed by atoms with van der Waals surface area (Å²) in [6.45, 7) is 4.43. The SMILES string of the molecule is Cc1ccc(CNC(=O)c2ccc(N(C)C)c(F)c2)c(OCC2CCOC2)c1. The van der Waals surface area contributed by atoms with E-state index in [9.17, 15) is 9.18 Å². The Balaban J connectivity index is 1.64. The van der Waals surface area contributed by atoms with E-state index >= 15 is 0 Å². The molecule has 0 radical (unpaired) electrons. The van der Waals surface area contributed by atoms with Crippen LogP contribution in [0.3, 0.4) is 0 Å². The fourth-order valence-corrected chi connectivity index (χ4v) is 3.15. The van der Waals surface area contributed by atoms with Gasteiger partial charge in [-0.15, -0.1) is 0 Å². The first-order valence-electron chi connectivity index (χ1n) is 9.49. The van der Waals surface area contributed by atoms with Crippen molar-refractivity contribution in [2.24, 2.45) is 5.92 Å². The summed E-state index contributed by atoms with van der Waals surface area (Å²) in [6.07, 6.45) is 1.01. The van der Waals surface area contributed by atoms with Gasteiger partial charge in [0.2, 0.25) is 0 Å². The molecular weight excluding hydrogens is 359 g/mol. The summed E-state index contributed by atoms with van der Waals surface area (Å²) in [5.41, 5.74) is 2.72. The molecule has 3 rings (SSSR count). The standard InChI is InChI=1S/C22H27FN2O3/c1-15-4-5-18(21(10-15)28-14-16-8-9-27-13-16)12-24-22(26)17-6-7-20(25(2)3)19(23)11-17/h4-7,10-11,16H,8-9,12-14H2,1-3H3,(H,24,26). The largest absolute Gasteiger partial charge is 0.493 e. The van der Waals surface area contributed by atoms with Crippen LogP contribution in [0.1, 0.15) is 27.9 Å². The third-order valence-electron chi connectivity index (χ3n) is 4.85. The molecule has 0 aromatic heterocycles. The number of nitrogens with one attached hydrogen (secondary N) is 1. The lowest BCUT2D eigenvalue weighted by Gasteiger charge is -2.16. The normalized spacial score (nSPS) is 16.1. The lowest BCUT2D eigenvalue weighted by molar-refractivity contribution is 0.0950. The maximum absolute atomic E-state index is 14.1. The number of anilines is 1. The van der Waals surface area contributed by atoms with Gasteiger partial charge >= 0.3 is 0 Å². The van der Waals surface area contributed by atoms with Crippen LogP contribution in [-0.4, -0.2) is 39.8 Å². The average Bonchev–Trinajstić information content (AvgIpc) is 3.18. The second kappa shape index (κ2) is 9.06. The fourth-order valence-electron chi connectivity index (χ4n) is 3.15. The molecule has 1 N–H and O–H groups in total. The predicted octanol–water partition coefficient (Wildman–Crippen LogP) is 3.55. The molecular formula is C22H27FN2O3. The van der Waals surface area contributed by atoms with E-state index in [2.05, 4.69) is 5.32 Å². The lowest BCUT2D eigenvalue weighted by atomic mass is 10.1. The van der Waals surface area contributed by atoms with Crippen LogP contribution in [0.25, 0.3) is 0 Å².